The molecule has 12 aromatic rings. The number of alkyl halides is 12. The quantitative estimate of drug-likeness (QED) is 0.103. The van der Waals surface area contributed by atoms with Crippen molar-refractivity contribution in [2.24, 2.45) is 0 Å². The van der Waals surface area contributed by atoms with Crippen LogP contribution in [0.15, 0.2) is 267 Å². The third-order valence-corrected chi connectivity index (χ3v) is 93.8. The molecule has 8 aromatic carbocycles. The van der Waals surface area contributed by atoms with Crippen LogP contribution in [0.4, 0.5) is 61.5 Å². The predicted octanol–water partition coefficient (Wildman–Crippen LogP) is 23.0. The van der Waals surface area contributed by atoms with E-state index in [0.717, 1.165) is 56.8 Å². The van der Waals surface area contributed by atoms with Crippen molar-refractivity contribution in [2.45, 2.75) is 35.5 Å². The van der Waals surface area contributed by atoms with Gasteiger partial charge in [-0.2, -0.15) is 52.7 Å². The highest BCUT2D eigenvalue weighted by Gasteiger charge is 2.83. The summed E-state index contributed by atoms with van der Waals surface area (Å²) in [6, 6.07) is 72.8. The van der Waals surface area contributed by atoms with Gasteiger partial charge in [0.25, 0.3) is 0 Å². The minimum Gasteiger partial charge on any atom is -0.423 e. The highest BCUT2D eigenvalue weighted by atomic mass is 79.9. The molecule has 0 bridgehead atoms. The van der Waals surface area contributed by atoms with Crippen molar-refractivity contribution >= 4 is 432 Å². The Morgan fingerprint density at radius 1 is 0.256 bits per heavy atom. The molecule has 63 heteroatoms. The first kappa shape index (κ1) is 116. The van der Waals surface area contributed by atoms with Crippen LogP contribution in [0.5, 0.6) is 0 Å². The van der Waals surface area contributed by atoms with Crippen LogP contribution in [-0.4, -0.2) is 72.6 Å². The lowest BCUT2D eigenvalue weighted by Crippen LogP contribution is -2.49. The van der Waals surface area contributed by atoms with Gasteiger partial charge in [0.05, 0.1) is 37.2 Å². The normalized spacial score (nSPS) is 13.6. The smallest absolute Gasteiger partial charge is 0.423 e. The Labute approximate surface area is 896 Å². The lowest BCUT2D eigenvalue weighted by atomic mass is 9.81. The van der Waals surface area contributed by atoms with E-state index in [9.17, 15) is 35.1 Å². The van der Waals surface area contributed by atoms with Gasteiger partial charge in [-0.05, 0) is 69.9 Å². The van der Waals surface area contributed by atoms with Gasteiger partial charge in [0.2, 0.25) is 11.7 Å². The summed E-state index contributed by atoms with van der Waals surface area (Å²) in [6.45, 7) is 0. The molecule has 0 radical (unpaired) electrons. The molecule has 0 aliphatic heterocycles. The van der Waals surface area contributed by atoms with Crippen LogP contribution in [0.25, 0.3) is 84.8 Å². The van der Waals surface area contributed by atoms with Gasteiger partial charge >= 0.3 is 42.7 Å². The number of hydrogen-bond acceptors (Lipinski definition) is 12. The molecule has 0 atom stereocenters. The molecule has 710 valence electrons. The fraction of sp³-hybridized carbons (Fsp3) is 0.0857. The van der Waals surface area contributed by atoms with E-state index in [1.165, 1.54) is 28.2 Å². The molecular weight excluding hydrogens is 2700 g/mol. The Morgan fingerprint density at radius 3 is 0.677 bits per heavy atom. The minimum atomic E-state index is -6.06. The molecule has 0 saturated carbocycles. The first-order valence-electron chi connectivity index (χ1n) is 34.1. The predicted molar refractivity (Wildman–Crippen MR) is 629 cm³/mol. The molecule has 0 fully saturated rings. The van der Waals surface area contributed by atoms with Crippen LogP contribution in [0.2, 0.25) is 0 Å². The van der Waals surface area contributed by atoms with E-state index < -0.39 is 76.8 Å². The first-order chi connectivity index (χ1) is 64.0. The molecule has 2 N–H and O–H groups in total. The van der Waals surface area contributed by atoms with Crippen molar-refractivity contribution in [1.82, 2.24) is 19.9 Å². The summed E-state index contributed by atoms with van der Waals surface area (Å²) in [5.74, 6) is -40.8. The molecule has 0 unspecified atom stereocenters. The van der Waals surface area contributed by atoms with Gasteiger partial charge < -0.3 is 10.0 Å². The number of benzene rings is 8. The Bertz CT molecular complexity index is 7540. The Hall–Kier alpha value is -0.0951. The van der Waals surface area contributed by atoms with Crippen LogP contribution >= 0.6 is 93.1 Å². The topological polar surface area (TPSA) is 92.0 Å². The molecule has 0 spiro atoms. The van der Waals surface area contributed by atoms with Crippen LogP contribution in [-0.2, 0) is 315 Å². The number of nitrogens with zero attached hydrogens (tertiary/aromatic N) is 4. The standard InChI is InChI=1S/C35H20F6N2S2.C15H10BrNS.C9H5Br2NS.C6H7BO2.C5F8.S35/c36-33(37)25(27-29(21-13-5-1-6-14-21)44-31(42-27)23-17-9-3-10-18-23)26(34(38,39)35(33,40)41)28-30(22-15-7-2-8-16-22)45-32(43-28)24-19-11-4-12-20-24;16-14-13(11-7-3-1-4-8-11)18-15(17-14)12-9-5-2-6-10-12;10-7-8(11)13-9(12-7)6-4-2-1-3-5-6;8-7(9)6-4-2-1-3-5-6;6-1-2(7)4(10,11)5(12,13)3(1,8)9;1-3-5-7-9-11-13-15-17-19-21-23-25-27-29-31-33-35-34-32-30-28-26-24-22-20-18-16-14-12-10-8-6-4-2/h1-20H;1-10H;1-5H;1-5,8-9H;;. The molecule has 2 aliphatic carbocycles. The van der Waals surface area contributed by atoms with Crippen molar-refractivity contribution in [3.05, 3.63) is 279 Å². The van der Waals surface area contributed by atoms with Gasteiger partial charge in [-0.3, -0.25) is 0 Å². The largest absolute Gasteiger partial charge is 0.488 e. The average Bonchev–Trinajstić information content (AvgIpc) is 1.52. The summed E-state index contributed by atoms with van der Waals surface area (Å²) in [6.07, 6.45) is 0. The minimum absolute atomic E-state index is 0.0647. The summed E-state index contributed by atoms with van der Waals surface area (Å²) >= 11 is 25.2. The number of halogens is 17. The second-order valence-corrected chi connectivity index (χ2v) is 88.2. The van der Waals surface area contributed by atoms with E-state index in [1.54, 1.807) is 275 Å². The number of hydrogen-bond donors (Lipinski definition) is 2. The van der Waals surface area contributed by atoms with Crippen LogP contribution in [0, 0.1) is 0 Å². The molecule has 2 aliphatic rings. The summed E-state index contributed by atoms with van der Waals surface area (Å²) < 4.78 is 194. The van der Waals surface area contributed by atoms with Crippen molar-refractivity contribution in [2.75, 3.05) is 0 Å². The van der Waals surface area contributed by atoms with Crippen molar-refractivity contribution in [3.63, 3.8) is 0 Å². The van der Waals surface area contributed by atoms with E-state index in [-0.39, 0.29) is 19.8 Å². The van der Waals surface area contributed by atoms with Gasteiger partial charge in [-0.25, -0.2) is 28.7 Å². The summed E-state index contributed by atoms with van der Waals surface area (Å²) in [4.78, 5) is 19.1. The lowest BCUT2D eigenvalue weighted by Gasteiger charge is -2.25. The van der Waals surface area contributed by atoms with E-state index in [0.29, 0.717) is 27.7 Å². The average molecular weight is 2740 g/mol. The summed E-state index contributed by atoms with van der Waals surface area (Å²) in [5.41, 5.74) is 1.51. The van der Waals surface area contributed by atoms with Crippen molar-refractivity contribution in [1.29, 1.82) is 0 Å². The zero-order valence-electron chi connectivity index (χ0n) is 63.7. The number of allylic oxidation sites excluding steroid dienone is 4. The maximum Gasteiger partial charge on any atom is 0.488 e. The van der Waals surface area contributed by atoms with Gasteiger partial charge in [0, 0.05) is 338 Å². The molecule has 0 saturated heterocycles. The number of rotatable bonds is 10. The van der Waals surface area contributed by atoms with E-state index in [2.05, 4.69) is 104 Å². The molecule has 133 heavy (non-hydrogen) atoms. The monoisotopic (exact) mass is 2730 g/mol. The van der Waals surface area contributed by atoms with Gasteiger partial charge in [-0.15, -0.1) is 45.3 Å². The van der Waals surface area contributed by atoms with Crippen LogP contribution < -0.4 is 5.46 Å². The Balaban J connectivity index is 0.000000197. The van der Waals surface area contributed by atoms with Gasteiger partial charge in [0.1, 0.15) is 33.0 Å². The maximum atomic E-state index is 16.1. The van der Waals surface area contributed by atoms with Crippen molar-refractivity contribution in [3.8, 4) is 73.6 Å². The van der Waals surface area contributed by atoms with E-state index >= 15 is 26.3 Å². The highest BCUT2D eigenvalue weighted by Crippen LogP contribution is 2.67. The van der Waals surface area contributed by atoms with E-state index in [1.807, 2.05) is 229 Å². The van der Waals surface area contributed by atoms with Crippen molar-refractivity contribution < 1.29 is 71.5 Å². The van der Waals surface area contributed by atoms with Gasteiger partial charge in [0.15, 0.2) is 0 Å². The van der Waals surface area contributed by atoms with E-state index in [4.69, 9.17) is 32.4 Å². The summed E-state index contributed by atoms with van der Waals surface area (Å²) in [5, 5.41) is 19.7. The molecule has 6 nitrogen and oxygen atoms in total. The van der Waals surface area contributed by atoms with Crippen LogP contribution in [0.1, 0.15) is 11.4 Å². The third-order valence-electron chi connectivity index (χ3n) is 15.2. The fourth-order valence-corrected chi connectivity index (χ4v) is 101. The molecule has 14 rings (SSSR count). The number of thiazole rings is 4. The second-order valence-electron chi connectivity index (χ2n) is 23.0. The fourth-order valence-electron chi connectivity index (χ4n) is 9.80. The molecule has 0 amide bonds. The molecule has 4 heterocycles. The maximum absolute atomic E-state index is 16.1. The molecule has 4 aromatic heterocycles. The summed E-state index contributed by atoms with van der Waals surface area (Å²) in [7, 11) is 56.9. The first-order valence-corrected chi connectivity index (χ1v) is 85.1. The van der Waals surface area contributed by atoms with Gasteiger partial charge in [-0.1, -0.05) is 243 Å². The zero-order valence-corrected chi connectivity index (χ0v) is 100. The highest BCUT2D eigenvalue weighted by molar-refractivity contribution is 9.13. The zero-order chi connectivity index (χ0) is 95.7. The Morgan fingerprint density at radius 2 is 0.459 bits per heavy atom. The third kappa shape index (κ3) is 35.1. The second kappa shape index (κ2) is 61.4. The number of aromatic nitrogens is 4. The Kier molecular flexibility index (Phi) is 53.7. The molecular formula is C70H42BBr3F14N4O2S39. The van der Waals surface area contributed by atoms with Crippen LogP contribution in [0.3, 0.4) is 0 Å². The SMILES string of the molecule is Brc1nc(-c2ccccc2)sc1-c1ccccc1.Brc1nc(-c2ccccc2)sc1Br.FC1(F)C(c2nc(-c3ccccc3)sc2-c2ccccc2)=C(c2nc(-c3ccccc3)sc2-c2ccccc2)C(F)(F)C1(F)F.FC1=C(F)C(F)(F)C(F)(F)C1(F)F.OB(O)c1ccccc1.S=S=S=S=S=S=S=S=S=S=S=S=S=S=S=S=S=S=S=S=S=S=S=S=S=S=S=S=S=S=S=S=S=S=S. The lowest BCUT2D eigenvalue weighted by molar-refractivity contribution is -0.271.